The van der Waals surface area contributed by atoms with Crippen molar-refractivity contribution < 1.29 is 24.1 Å². The molecule has 2 unspecified atom stereocenters. The van der Waals surface area contributed by atoms with Gasteiger partial charge in [-0.1, -0.05) is 19.3 Å². The van der Waals surface area contributed by atoms with Crippen LogP contribution in [-0.4, -0.2) is 49.2 Å². The molecule has 5 nitrogen and oxygen atoms in total. The average Bonchev–Trinajstić information content (AvgIpc) is 2.39. The highest BCUT2D eigenvalue weighted by Gasteiger charge is 2.50. The van der Waals surface area contributed by atoms with Gasteiger partial charge in [0, 0.05) is 0 Å². The maximum atomic E-state index is 11.8. The van der Waals surface area contributed by atoms with Crippen LogP contribution in [-0.2, 0) is 19.0 Å². The Labute approximate surface area is 101 Å². The fraction of sp³-hybridized carbons (Fsp3) is 0.917. The minimum atomic E-state index is -0.696. The standard InChI is InChI=1S/C12H20O5/c1-15-11(14)10-12(5-3-2-4-6-12)16-8-9(7-13)17-10/h9-10,13H,2-8H2,1H3. The number of rotatable bonds is 2. The Kier molecular flexibility index (Phi) is 4.01. The van der Waals surface area contributed by atoms with E-state index in [2.05, 4.69) is 0 Å². The van der Waals surface area contributed by atoms with Gasteiger partial charge in [-0.3, -0.25) is 0 Å². The fourth-order valence-electron chi connectivity index (χ4n) is 2.72. The molecule has 1 saturated heterocycles. The van der Waals surface area contributed by atoms with E-state index in [0.29, 0.717) is 6.61 Å². The van der Waals surface area contributed by atoms with E-state index in [4.69, 9.17) is 19.3 Å². The molecule has 2 atom stereocenters. The number of methoxy groups -OCH3 is 1. The van der Waals surface area contributed by atoms with Crippen LogP contribution in [0.15, 0.2) is 0 Å². The van der Waals surface area contributed by atoms with Gasteiger partial charge in [0.15, 0.2) is 6.10 Å². The largest absolute Gasteiger partial charge is 0.467 e. The molecule has 1 heterocycles. The van der Waals surface area contributed by atoms with Crippen LogP contribution < -0.4 is 0 Å². The van der Waals surface area contributed by atoms with E-state index in [-0.39, 0.29) is 6.61 Å². The molecule has 2 fully saturated rings. The van der Waals surface area contributed by atoms with E-state index >= 15 is 0 Å². The van der Waals surface area contributed by atoms with Crippen LogP contribution >= 0.6 is 0 Å². The van der Waals surface area contributed by atoms with Crippen LogP contribution in [0, 0.1) is 0 Å². The lowest BCUT2D eigenvalue weighted by Crippen LogP contribution is -2.59. The van der Waals surface area contributed by atoms with Gasteiger partial charge in [-0.15, -0.1) is 0 Å². The Morgan fingerprint density at radius 3 is 2.71 bits per heavy atom. The number of aliphatic hydroxyl groups excluding tert-OH is 1. The minimum absolute atomic E-state index is 0.135. The number of hydrogen-bond acceptors (Lipinski definition) is 5. The fourth-order valence-corrected chi connectivity index (χ4v) is 2.72. The van der Waals surface area contributed by atoms with Gasteiger partial charge in [-0.2, -0.15) is 0 Å². The summed E-state index contributed by atoms with van der Waals surface area (Å²) in [5.41, 5.74) is -0.531. The highest BCUT2D eigenvalue weighted by Crippen LogP contribution is 2.39. The first kappa shape index (κ1) is 12.8. The third kappa shape index (κ3) is 2.46. The van der Waals surface area contributed by atoms with Gasteiger partial charge in [0.2, 0.25) is 0 Å². The van der Waals surface area contributed by atoms with Gasteiger partial charge >= 0.3 is 5.97 Å². The highest BCUT2D eigenvalue weighted by atomic mass is 16.6. The number of aliphatic hydroxyl groups is 1. The number of ether oxygens (including phenoxy) is 3. The third-order valence-corrected chi connectivity index (χ3v) is 3.68. The summed E-state index contributed by atoms with van der Waals surface area (Å²) in [6.45, 7) is 0.216. The van der Waals surface area contributed by atoms with Crippen LogP contribution in [0.4, 0.5) is 0 Å². The van der Waals surface area contributed by atoms with Crippen molar-refractivity contribution in [1.29, 1.82) is 0 Å². The van der Waals surface area contributed by atoms with Crippen LogP contribution in [0.3, 0.4) is 0 Å². The zero-order valence-corrected chi connectivity index (χ0v) is 10.2. The Bertz CT molecular complexity index is 272. The van der Waals surface area contributed by atoms with Gasteiger partial charge in [-0.25, -0.2) is 4.79 Å². The summed E-state index contributed by atoms with van der Waals surface area (Å²) in [6.07, 6.45) is 3.78. The summed E-state index contributed by atoms with van der Waals surface area (Å²) in [7, 11) is 1.35. The molecule has 2 rings (SSSR count). The Hall–Kier alpha value is -0.650. The lowest BCUT2D eigenvalue weighted by molar-refractivity contribution is -0.252. The summed E-state index contributed by atoms with van der Waals surface area (Å²) in [4.78, 5) is 11.8. The predicted molar refractivity (Wildman–Crippen MR) is 59.5 cm³/mol. The van der Waals surface area contributed by atoms with E-state index in [9.17, 15) is 4.79 Å². The van der Waals surface area contributed by atoms with Crippen molar-refractivity contribution in [2.75, 3.05) is 20.3 Å². The van der Waals surface area contributed by atoms with Gasteiger partial charge in [0.05, 0.1) is 20.3 Å². The Morgan fingerprint density at radius 1 is 1.41 bits per heavy atom. The monoisotopic (exact) mass is 244 g/mol. The van der Waals surface area contributed by atoms with E-state index in [1.165, 1.54) is 13.5 Å². The second-order valence-corrected chi connectivity index (χ2v) is 4.78. The van der Waals surface area contributed by atoms with E-state index in [1.54, 1.807) is 0 Å². The third-order valence-electron chi connectivity index (χ3n) is 3.68. The van der Waals surface area contributed by atoms with Gasteiger partial charge in [0.1, 0.15) is 11.7 Å². The topological polar surface area (TPSA) is 65.0 Å². The number of hydrogen-bond donors (Lipinski definition) is 1. The molecule has 1 saturated carbocycles. The van der Waals surface area contributed by atoms with Crippen LogP contribution in [0.5, 0.6) is 0 Å². The minimum Gasteiger partial charge on any atom is -0.467 e. The smallest absolute Gasteiger partial charge is 0.338 e. The molecule has 0 amide bonds. The van der Waals surface area contributed by atoms with Gasteiger partial charge < -0.3 is 19.3 Å². The first-order valence-electron chi connectivity index (χ1n) is 6.20. The molecule has 0 radical (unpaired) electrons. The maximum absolute atomic E-state index is 11.8. The van der Waals surface area contributed by atoms with Crippen LogP contribution in [0.2, 0.25) is 0 Å². The van der Waals surface area contributed by atoms with Crippen molar-refractivity contribution in [1.82, 2.24) is 0 Å². The molecule has 2 aliphatic rings. The normalized spacial score (nSPS) is 32.4. The van der Waals surface area contributed by atoms with E-state index in [1.807, 2.05) is 0 Å². The lowest BCUT2D eigenvalue weighted by Gasteiger charge is -2.46. The molecular weight excluding hydrogens is 224 g/mol. The molecule has 1 aliphatic heterocycles. The molecule has 1 spiro atoms. The molecule has 17 heavy (non-hydrogen) atoms. The number of carbonyl (C=O) groups is 1. The van der Waals surface area contributed by atoms with E-state index in [0.717, 1.165) is 25.7 Å². The van der Waals surface area contributed by atoms with Crippen molar-refractivity contribution in [2.45, 2.75) is 49.9 Å². The summed E-state index contributed by atoms with van der Waals surface area (Å²) in [5.74, 6) is -0.398. The Balaban J connectivity index is 2.14. The molecule has 0 bridgehead atoms. The Morgan fingerprint density at radius 2 is 2.12 bits per heavy atom. The molecule has 0 aromatic heterocycles. The second-order valence-electron chi connectivity index (χ2n) is 4.78. The molecule has 1 N–H and O–H groups in total. The maximum Gasteiger partial charge on any atom is 0.338 e. The lowest BCUT2D eigenvalue weighted by atomic mass is 9.79. The summed E-state index contributed by atoms with van der Waals surface area (Å²) >= 11 is 0. The van der Waals surface area contributed by atoms with Crippen molar-refractivity contribution >= 4 is 5.97 Å². The van der Waals surface area contributed by atoms with Crippen LogP contribution in [0.1, 0.15) is 32.1 Å². The van der Waals surface area contributed by atoms with Crippen LogP contribution in [0.25, 0.3) is 0 Å². The van der Waals surface area contributed by atoms with Crippen molar-refractivity contribution in [3.8, 4) is 0 Å². The zero-order valence-electron chi connectivity index (χ0n) is 10.2. The highest BCUT2D eigenvalue weighted by molar-refractivity contribution is 5.76. The SMILES string of the molecule is COC(=O)C1OC(CO)COC12CCCCC2. The number of esters is 1. The summed E-state index contributed by atoms with van der Waals surface area (Å²) in [6, 6.07) is 0. The van der Waals surface area contributed by atoms with E-state index < -0.39 is 23.8 Å². The summed E-state index contributed by atoms with van der Waals surface area (Å²) < 4.78 is 16.3. The van der Waals surface area contributed by atoms with Gasteiger partial charge in [-0.05, 0) is 12.8 Å². The van der Waals surface area contributed by atoms with Crippen molar-refractivity contribution in [3.63, 3.8) is 0 Å². The second kappa shape index (κ2) is 5.33. The first-order chi connectivity index (χ1) is 8.22. The zero-order chi connectivity index (χ0) is 12.3. The molecule has 0 aromatic carbocycles. The quantitative estimate of drug-likeness (QED) is 0.722. The first-order valence-corrected chi connectivity index (χ1v) is 6.20. The molecule has 1 aliphatic carbocycles. The van der Waals surface area contributed by atoms with Crippen molar-refractivity contribution in [3.05, 3.63) is 0 Å². The molecule has 98 valence electrons. The average molecular weight is 244 g/mol. The molecule has 0 aromatic rings. The van der Waals surface area contributed by atoms with Gasteiger partial charge in [0.25, 0.3) is 0 Å². The predicted octanol–water partition coefficient (Wildman–Crippen LogP) is 0.639. The number of carbonyl (C=O) groups excluding carboxylic acids is 1. The molecule has 5 heteroatoms. The van der Waals surface area contributed by atoms with Crippen molar-refractivity contribution in [2.24, 2.45) is 0 Å². The molecular formula is C12H20O5. The summed E-state index contributed by atoms with van der Waals surface area (Å²) in [5, 5.41) is 9.09.